The molecule has 1 aromatic carbocycles. The smallest absolute Gasteiger partial charge is 0.0821 e. The summed E-state index contributed by atoms with van der Waals surface area (Å²) in [6.45, 7) is 6.75. The van der Waals surface area contributed by atoms with E-state index in [1.54, 1.807) is 7.11 Å². The van der Waals surface area contributed by atoms with Gasteiger partial charge >= 0.3 is 0 Å². The summed E-state index contributed by atoms with van der Waals surface area (Å²) in [6, 6.07) is 7.91. The van der Waals surface area contributed by atoms with Crippen molar-refractivity contribution in [2.45, 2.75) is 39.7 Å². The highest BCUT2D eigenvalue weighted by Crippen LogP contribution is 2.29. The van der Waals surface area contributed by atoms with Gasteiger partial charge in [0.05, 0.1) is 6.10 Å². The lowest BCUT2D eigenvalue weighted by Crippen LogP contribution is -2.09. The van der Waals surface area contributed by atoms with Crippen molar-refractivity contribution in [1.29, 1.82) is 0 Å². The van der Waals surface area contributed by atoms with Gasteiger partial charge in [-0.2, -0.15) is 0 Å². The fraction of sp³-hybridized carbons (Fsp3) is 0.571. The van der Waals surface area contributed by atoms with E-state index in [1.807, 2.05) is 24.3 Å². The number of methoxy groups -OCH3 is 1. The lowest BCUT2D eigenvalue weighted by Gasteiger charge is -2.22. The van der Waals surface area contributed by atoms with Crippen LogP contribution in [-0.2, 0) is 4.74 Å². The van der Waals surface area contributed by atoms with Crippen LogP contribution in [0.3, 0.4) is 0 Å². The molecule has 16 heavy (non-hydrogen) atoms. The summed E-state index contributed by atoms with van der Waals surface area (Å²) in [7, 11) is 1.77. The molecule has 1 atom stereocenters. The first-order valence-electron chi connectivity index (χ1n) is 5.70. The quantitative estimate of drug-likeness (QED) is 0.731. The van der Waals surface area contributed by atoms with Gasteiger partial charge in [0, 0.05) is 12.1 Å². The molecule has 1 aromatic rings. The first-order valence-corrected chi connectivity index (χ1v) is 6.08. The molecule has 90 valence electrons. The molecule has 0 aromatic heterocycles. The molecule has 0 spiro atoms. The third-order valence-corrected chi connectivity index (χ3v) is 2.93. The number of benzene rings is 1. The van der Waals surface area contributed by atoms with Gasteiger partial charge in [0.1, 0.15) is 0 Å². The summed E-state index contributed by atoms with van der Waals surface area (Å²) < 4.78 is 5.53. The zero-order chi connectivity index (χ0) is 12.2. The Morgan fingerprint density at radius 3 is 2.19 bits per heavy atom. The highest BCUT2D eigenvalue weighted by Gasteiger charge is 2.16. The summed E-state index contributed by atoms with van der Waals surface area (Å²) in [6.07, 6.45) is 2.37. The molecule has 1 nitrogen and oxygen atoms in total. The van der Waals surface area contributed by atoms with Crippen molar-refractivity contribution in [3.63, 3.8) is 0 Å². The van der Waals surface area contributed by atoms with Gasteiger partial charge < -0.3 is 4.74 Å². The fourth-order valence-corrected chi connectivity index (χ4v) is 1.79. The lowest BCUT2D eigenvalue weighted by atomic mass is 9.88. The van der Waals surface area contributed by atoms with Crippen LogP contribution in [-0.4, -0.2) is 7.11 Å². The minimum Gasteiger partial charge on any atom is -0.377 e. The van der Waals surface area contributed by atoms with Crippen molar-refractivity contribution >= 4 is 11.6 Å². The standard InChI is InChI=1S/C14H21ClO/c1-14(2,3)10-9-13(16-4)11-5-7-12(15)8-6-11/h5-8,13H,9-10H2,1-4H3/t13-/m0/s1. The first-order chi connectivity index (χ1) is 7.42. The molecule has 0 heterocycles. The second-order valence-corrected chi connectivity index (χ2v) is 5.81. The molecular formula is C14H21ClO. The highest BCUT2D eigenvalue weighted by atomic mass is 35.5. The Balaban J connectivity index is 2.64. The summed E-state index contributed by atoms with van der Waals surface area (Å²) >= 11 is 5.87. The molecule has 1 rings (SSSR count). The van der Waals surface area contributed by atoms with Gasteiger partial charge in [0.2, 0.25) is 0 Å². The van der Waals surface area contributed by atoms with Crippen molar-refractivity contribution in [1.82, 2.24) is 0 Å². The van der Waals surface area contributed by atoms with Gasteiger partial charge in [-0.15, -0.1) is 0 Å². The van der Waals surface area contributed by atoms with E-state index < -0.39 is 0 Å². The molecule has 0 bridgehead atoms. The number of rotatable bonds is 4. The van der Waals surface area contributed by atoms with E-state index in [0.717, 1.165) is 17.9 Å². The molecule has 0 aliphatic carbocycles. The van der Waals surface area contributed by atoms with E-state index in [-0.39, 0.29) is 6.10 Å². The fourth-order valence-electron chi connectivity index (χ4n) is 1.66. The normalized spacial score (nSPS) is 13.8. The molecule has 0 aliphatic rings. The van der Waals surface area contributed by atoms with Crippen molar-refractivity contribution in [2.75, 3.05) is 7.11 Å². The first kappa shape index (κ1) is 13.5. The largest absolute Gasteiger partial charge is 0.377 e. The van der Waals surface area contributed by atoms with E-state index in [9.17, 15) is 0 Å². The molecule has 0 radical (unpaired) electrons. The summed E-state index contributed by atoms with van der Waals surface area (Å²) in [5.74, 6) is 0. The third kappa shape index (κ3) is 4.54. The van der Waals surface area contributed by atoms with E-state index in [1.165, 1.54) is 5.56 Å². The average Bonchev–Trinajstić information content (AvgIpc) is 2.20. The van der Waals surface area contributed by atoms with Crippen LogP contribution in [0.5, 0.6) is 0 Å². The molecule has 0 fully saturated rings. The monoisotopic (exact) mass is 240 g/mol. The van der Waals surface area contributed by atoms with Crippen molar-refractivity contribution in [3.8, 4) is 0 Å². The Bertz CT molecular complexity index is 311. The predicted octanol–water partition coefficient (Wildman–Crippen LogP) is 4.85. The van der Waals surface area contributed by atoms with Crippen LogP contribution in [0.2, 0.25) is 5.02 Å². The van der Waals surface area contributed by atoms with Crippen LogP contribution in [0.25, 0.3) is 0 Å². The summed E-state index contributed by atoms with van der Waals surface area (Å²) in [4.78, 5) is 0. The van der Waals surface area contributed by atoms with E-state index in [4.69, 9.17) is 16.3 Å². The minimum atomic E-state index is 0.177. The molecular weight excluding hydrogens is 220 g/mol. The Morgan fingerprint density at radius 1 is 1.19 bits per heavy atom. The second-order valence-electron chi connectivity index (χ2n) is 5.38. The van der Waals surface area contributed by atoms with Crippen LogP contribution in [0.15, 0.2) is 24.3 Å². The topological polar surface area (TPSA) is 9.23 Å². The molecule has 0 amide bonds. The molecule has 0 saturated carbocycles. The van der Waals surface area contributed by atoms with Gasteiger partial charge in [0.25, 0.3) is 0 Å². The van der Waals surface area contributed by atoms with E-state index in [2.05, 4.69) is 20.8 Å². The Labute approximate surface area is 104 Å². The van der Waals surface area contributed by atoms with Crippen molar-refractivity contribution in [3.05, 3.63) is 34.9 Å². The van der Waals surface area contributed by atoms with Crippen LogP contribution in [0, 0.1) is 5.41 Å². The van der Waals surface area contributed by atoms with Crippen molar-refractivity contribution in [2.24, 2.45) is 5.41 Å². The highest BCUT2D eigenvalue weighted by molar-refractivity contribution is 6.30. The van der Waals surface area contributed by atoms with E-state index >= 15 is 0 Å². The Hall–Kier alpha value is -0.530. The molecule has 0 saturated heterocycles. The minimum absolute atomic E-state index is 0.177. The molecule has 0 aliphatic heterocycles. The molecule has 0 unspecified atom stereocenters. The van der Waals surface area contributed by atoms with Gasteiger partial charge in [-0.25, -0.2) is 0 Å². The number of hydrogen-bond acceptors (Lipinski definition) is 1. The van der Waals surface area contributed by atoms with Crippen LogP contribution in [0.1, 0.15) is 45.3 Å². The maximum absolute atomic E-state index is 5.87. The molecule has 0 N–H and O–H groups in total. The van der Waals surface area contributed by atoms with Gasteiger partial charge in [-0.05, 0) is 36.0 Å². The maximum Gasteiger partial charge on any atom is 0.0821 e. The zero-order valence-electron chi connectivity index (χ0n) is 10.6. The van der Waals surface area contributed by atoms with E-state index in [0.29, 0.717) is 5.41 Å². The third-order valence-electron chi connectivity index (χ3n) is 2.68. The summed E-state index contributed by atoms with van der Waals surface area (Å²) in [5.41, 5.74) is 1.56. The number of halogens is 1. The van der Waals surface area contributed by atoms with Crippen LogP contribution < -0.4 is 0 Å². The number of hydrogen-bond donors (Lipinski definition) is 0. The predicted molar refractivity (Wildman–Crippen MR) is 69.9 cm³/mol. The zero-order valence-corrected chi connectivity index (χ0v) is 11.3. The van der Waals surface area contributed by atoms with Gasteiger partial charge in [-0.1, -0.05) is 44.5 Å². The van der Waals surface area contributed by atoms with Crippen LogP contribution >= 0.6 is 11.6 Å². The number of ether oxygens (including phenoxy) is 1. The lowest BCUT2D eigenvalue weighted by molar-refractivity contribution is 0.0843. The summed E-state index contributed by atoms with van der Waals surface area (Å²) in [5, 5.41) is 0.773. The maximum atomic E-state index is 5.87. The van der Waals surface area contributed by atoms with Crippen molar-refractivity contribution < 1.29 is 4.74 Å². The SMILES string of the molecule is CO[C@@H](CCC(C)(C)C)c1ccc(Cl)cc1. The molecule has 2 heteroatoms. The average molecular weight is 241 g/mol. The van der Waals surface area contributed by atoms with Crippen LogP contribution in [0.4, 0.5) is 0 Å². The Morgan fingerprint density at radius 2 is 1.75 bits per heavy atom. The second kappa shape index (κ2) is 5.70. The Kier molecular flexibility index (Phi) is 4.82. The van der Waals surface area contributed by atoms with Gasteiger partial charge in [0.15, 0.2) is 0 Å². The van der Waals surface area contributed by atoms with Gasteiger partial charge in [-0.3, -0.25) is 0 Å².